The number of benzene rings is 2. The first kappa shape index (κ1) is 18.8. The Labute approximate surface area is 159 Å². The summed E-state index contributed by atoms with van der Waals surface area (Å²) in [4.78, 5) is 26.8. The number of hydrogen-bond acceptors (Lipinski definition) is 4. The molecule has 0 atom stereocenters. The largest absolute Gasteiger partial charge is 0.492 e. The Hall–Kier alpha value is -3.02. The number of para-hydroxylation sites is 4. The highest BCUT2D eigenvalue weighted by atomic mass is 16.5. The molecule has 0 fully saturated rings. The molecule has 6 nitrogen and oxygen atoms in total. The van der Waals surface area contributed by atoms with Crippen LogP contribution in [0.2, 0.25) is 0 Å². The molecule has 27 heavy (non-hydrogen) atoms. The van der Waals surface area contributed by atoms with Gasteiger partial charge in [-0.1, -0.05) is 24.3 Å². The second-order valence-electron chi connectivity index (χ2n) is 6.76. The summed E-state index contributed by atoms with van der Waals surface area (Å²) >= 11 is 0. The first-order chi connectivity index (χ1) is 12.9. The molecule has 0 radical (unpaired) electrons. The van der Waals surface area contributed by atoms with E-state index in [-0.39, 0.29) is 24.8 Å². The van der Waals surface area contributed by atoms with Gasteiger partial charge in [0, 0.05) is 13.0 Å². The van der Waals surface area contributed by atoms with Crippen molar-refractivity contribution in [3.05, 3.63) is 48.5 Å². The van der Waals surface area contributed by atoms with Crippen LogP contribution in [0.3, 0.4) is 0 Å². The van der Waals surface area contributed by atoms with Crippen LogP contribution in [0.15, 0.2) is 48.5 Å². The molecule has 0 bridgehead atoms. The van der Waals surface area contributed by atoms with Gasteiger partial charge in [0.15, 0.2) is 5.60 Å². The van der Waals surface area contributed by atoms with Gasteiger partial charge in [0.05, 0.1) is 18.0 Å². The van der Waals surface area contributed by atoms with Crippen molar-refractivity contribution < 1.29 is 19.1 Å². The van der Waals surface area contributed by atoms with E-state index in [9.17, 15) is 9.59 Å². The fourth-order valence-electron chi connectivity index (χ4n) is 3.02. The molecule has 0 aliphatic carbocycles. The number of fused-ring (bicyclic) bond motifs is 1. The van der Waals surface area contributed by atoms with Gasteiger partial charge in [0.25, 0.3) is 5.91 Å². The van der Waals surface area contributed by atoms with Crippen molar-refractivity contribution in [2.24, 2.45) is 0 Å². The van der Waals surface area contributed by atoms with Crippen LogP contribution in [-0.2, 0) is 9.59 Å². The Kier molecular flexibility index (Phi) is 5.35. The third kappa shape index (κ3) is 4.05. The van der Waals surface area contributed by atoms with Gasteiger partial charge in [-0.15, -0.1) is 0 Å². The molecular formula is C21H24N2O4. The minimum Gasteiger partial charge on any atom is -0.492 e. The fraction of sp³-hybridized carbons (Fsp3) is 0.333. The van der Waals surface area contributed by atoms with E-state index >= 15 is 0 Å². The van der Waals surface area contributed by atoms with Crippen LogP contribution in [0.1, 0.15) is 27.2 Å². The van der Waals surface area contributed by atoms with Crippen LogP contribution >= 0.6 is 0 Å². The SMILES string of the molecule is CCOc1ccccc1NC(=O)CCN1C(=O)C(C)(C)Oc2ccccc21. The predicted molar refractivity (Wildman–Crippen MR) is 104 cm³/mol. The number of hydrogen-bond donors (Lipinski definition) is 1. The molecule has 1 aliphatic heterocycles. The van der Waals surface area contributed by atoms with Gasteiger partial charge in [0.1, 0.15) is 11.5 Å². The topological polar surface area (TPSA) is 67.9 Å². The molecular weight excluding hydrogens is 344 g/mol. The van der Waals surface area contributed by atoms with E-state index in [1.807, 2.05) is 49.4 Å². The number of carbonyl (C=O) groups is 2. The number of ether oxygens (including phenoxy) is 2. The Morgan fingerprint density at radius 1 is 1.15 bits per heavy atom. The average molecular weight is 368 g/mol. The van der Waals surface area contributed by atoms with Gasteiger partial charge < -0.3 is 19.7 Å². The van der Waals surface area contributed by atoms with Gasteiger partial charge in [-0.25, -0.2) is 0 Å². The maximum Gasteiger partial charge on any atom is 0.270 e. The molecule has 1 heterocycles. The minimum atomic E-state index is -0.966. The fourth-order valence-corrected chi connectivity index (χ4v) is 3.02. The third-order valence-corrected chi connectivity index (χ3v) is 4.30. The average Bonchev–Trinajstić information content (AvgIpc) is 2.64. The van der Waals surface area contributed by atoms with Crippen molar-refractivity contribution in [3.8, 4) is 11.5 Å². The van der Waals surface area contributed by atoms with Crippen molar-refractivity contribution in [3.63, 3.8) is 0 Å². The van der Waals surface area contributed by atoms with E-state index < -0.39 is 5.60 Å². The summed E-state index contributed by atoms with van der Waals surface area (Å²) in [6, 6.07) is 14.7. The number of rotatable bonds is 6. The van der Waals surface area contributed by atoms with Crippen molar-refractivity contribution in [1.82, 2.24) is 0 Å². The first-order valence-electron chi connectivity index (χ1n) is 9.04. The molecule has 0 saturated heterocycles. The van der Waals surface area contributed by atoms with Crippen molar-refractivity contribution in [2.45, 2.75) is 32.8 Å². The van der Waals surface area contributed by atoms with E-state index in [2.05, 4.69) is 5.32 Å². The number of nitrogens with one attached hydrogen (secondary N) is 1. The molecule has 1 N–H and O–H groups in total. The monoisotopic (exact) mass is 368 g/mol. The number of carbonyl (C=O) groups excluding carboxylic acids is 2. The third-order valence-electron chi connectivity index (χ3n) is 4.30. The second kappa shape index (κ2) is 7.70. The smallest absolute Gasteiger partial charge is 0.270 e. The highest BCUT2D eigenvalue weighted by Gasteiger charge is 2.40. The summed E-state index contributed by atoms with van der Waals surface area (Å²) < 4.78 is 11.3. The van der Waals surface area contributed by atoms with E-state index in [4.69, 9.17) is 9.47 Å². The molecule has 2 aromatic rings. The quantitative estimate of drug-likeness (QED) is 0.846. The van der Waals surface area contributed by atoms with Gasteiger partial charge in [-0.3, -0.25) is 9.59 Å². The predicted octanol–water partition coefficient (Wildman–Crippen LogP) is 3.62. The van der Waals surface area contributed by atoms with Gasteiger partial charge in [-0.2, -0.15) is 0 Å². The highest BCUT2D eigenvalue weighted by Crippen LogP contribution is 2.37. The first-order valence-corrected chi connectivity index (χ1v) is 9.04. The van der Waals surface area contributed by atoms with Crippen LogP contribution in [-0.4, -0.2) is 30.6 Å². The van der Waals surface area contributed by atoms with E-state index in [1.165, 1.54) is 0 Å². The Morgan fingerprint density at radius 2 is 1.85 bits per heavy atom. The molecule has 0 aromatic heterocycles. The van der Waals surface area contributed by atoms with E-state index in [0.29, 0.717) is 29.5 Å². The number of nitrogens with zero attached hydrogens (tertiary/aromatic N) is 1. The summed E-state index contributed by atoms with van der Waals surface area (Å²) in [5.41, 5.74) is 0.342. The number of anilines is 2. The summed E-state index contributed by atoms with van der Waals surface area (Å²) in [6.45, 7) is 6.14. The zero-order valence-corrected chi connectivity index (χ0v) is 15.8. The lowest BCUT2D eigenvalue weighted by Crippen LogP contribution is -2.53. The zero-order valence-electron chi connectivity index (χ0n) is 15.8. The van der Waals surface area contributed by atoms with Crippen molar-refractivity contribution >= 4 is 23.2 Å². The summed E-state index contributed by atoms with van der Waals surface area (Å²) in [7, 11) is 0. The summed E-state index contributed by atoms with van der Waals surface area (Å²) in [6.07, 6.45) is 0.163. The van der Waals surface area contributed by atoms with Gasteiger partial charge >= 0.3 is 0 Å². The van der Waals surface area contributed by atoms with Crippen LogP contribution in [0, 0.1) is 0 Å². The molecule has 6 heteroatoms. The normalized spacial score (nSPS) is 14.9. The molecule has 142 valence electrons. The molecule has 2 aromatic carbocycles. The zero-order chi connectivity index (χ0) is 19.4. The van der Waals surface area contributed by atoms with E-state index in [0.717, 1.165) is 0 Å². The van der Waals surface area contributed by atoms with Crippen molar-refractivity contribution in [1.29, 1.82) is 0 Å². The van der Waals surface area contributed by atoms with Crippen LogP contribution in [0.25, 0.3) is 0 Å². The van der Waals surface area contributed by atoms with Gasteiger partial charge in [0.2, 0.25) is 5.91 Å². The van der Waals surface area contributed by atoms with Crippen molar-refractivity contribution in [2.75, 3.05) is 23.4 Å². The highest BCUT2D eigenvalue weighted by molar-refractivity contribution is 6.03. The second-order valence-corrected chi connectivity index (χ2v) is 6.76. The lowest BCUT2D eigenvalue weighted by atomic mass is 10.0. The van der Waals surface area contributed by atoms with Crippen LogP contribution in [0.4, 0.5) is 11.4 Å². The summed E-state index contributed by atoms with van der Waals surface area (Å²) in [5, 5.41) is 2.86. The maximum atomic E-state index is 12.8. The van der Waals surface area contributed by atoms with Crippen LogP contribution in [0.5, 0.6) is 11.5 Å². The minimum absolute atomic E-state index is 0.163. The Balaban J connectivity index is 1.71. The number of amides is 2. The molecule has 2 amide bonds. The Bertz CT molecular complexity index is 848. The molecule has 0 saturated carbocycles. The molecule has 0 unspecified atom stereocenters. The lowest BCUT2D eigenvalue weighted by molar-refractivity contribution is -0.132. The molecule has 0 spiro atoms. The van der Waals surface area contributed by atoms with Crippen LogP contribution < -0.4 is 19.7 Å². The standard InChI is InChI=1S/C21H24N2O4/c1-4-26-17-11-7-5-9-15(17)22-19(24)13-14-23-16-10-6-8-12-18(16)27-21(2,3)20(23)25/h5-12H,4,13-14H2,1-3H3,(H,22,24). The van der Waals surface area contributed by atoms with Gasteiger partial charge in [-0.05, 0) is 45.0 Å². The maximum absolute atomic E-state index is 12.8. The lowest BCUT2D eigenvalue weighted by Gasteiger charge is -2.38. The molecule has 1 aliphatic rings. The summed E-state index contributed by atoms with van der Waals surface area (Å²) in [5.74, 6) is 0.923. The van der Waals surface area contributed by atoms with E-state index in [1.54, 1.807) is 24.8 Å². The molecule has 3 rings (SSSR count). The Morgan fingerprint density at radius 3 is 2.63 bits per heavy atom.